The van der Waals surface area contributed by atoms with Crippen molar-refractivity contribution in [3.05, 3.63) is 108 Å². The van der Waals surface area contributed by atoms with Crippen molar-refractivity contribution < 1.29 is 23.9 Å². The van der Waals surface area contributed by atoms with Crippen LogP contribution < -0.4 is 15.4 Å². The molecule has 39 heavy (non-hydrogen) atoms. The molecule has 1 heterocycles. The Kier molecular flexibility index (Phi) is 7.70. The molecule has 0 bridgehead atoms. The van der Waals surface area contributed by atoms with Gasteiger partial charge in [-0.25, -0.2) is 0 Å². The number of benzene rings is 4. The molecule has 1 aliphatic heterocycles. The molecule has 5 rings (SSSR count). The van der Waals surface area contributed by atoms with E-state index in [1.165, 1.54) is 6.08 Å². The Hall–Kier alpha value is -4.89. The average molecular weight is 538 g/mol. The van der Waals surface area contributed by atoms with E-state index in [9.17, 15) is 19.2 Å². The zero-order valence-corrected chi connectivity index (χ0v) is 21.4. The molecule has 194 valence electrons. The van der Waals surface area contributed by atoms with Crippen molar-refractivity contribution in [2.24, 2.45) is 0 Å². The average Bonchev–Trinajstić information content (AvgIpc) is 3.20. The number of ether oxygens (including phenoxy) is 1. The van der Waals surface area contributed by atoms with Gasteiger partial charge in [0.15, 0.2) is 6.61 Å². The van der Waals surface area contributed by atoms with Crippen LogP contribution >= 0.6 is 11.8 Å². The third-order valence-electron chi connectivity index (χ3n) is 5.86. The molecule has 4 aromatic rings. The van der Waals surface area contributed by atoms with Crippen LogP contribution in [-0.4, -0.2) is 41.0 Å². The monoisotopic (exact) mass is 537 g/mol. The minimum absolute atomic E-state index is 0.155. The van der Waals surface area contributed by atoms with Crippen molar-refractivity contribution >= 4 is 62.9 Å². The number of amides is 4. The molecule has 4 amide bonds. The van der Waals surface area contributed by atoms with E-state index in [1.54, 1.807) is 42.5 Å². The molecule has 0 atom stereocenters. The van der Waals surface area contributed by atoms with Gasteiger partial charge in [0.2, 0.25) is 5.91 Å². The highest BCUT2D eigenvalue weighted by Crippen LogP contribution is 2.34. The summed E-state index contributed by atoms with van der Waals surface area (Å²) in [6.07, 6.45) is 1.53. The molecule has 1 aliphatic rings. The molecule has 0 radical (unpaired) electrons. The Labute approximate surface area is 228 Å². The number of thioether (sulfide) groups is 1. The molecule has 2 N–H and O–H groups in total. The van der Waals surface area contributed by atoms with Crippen LogP contribution in [-0.2, 0) is 14.4 Å². The smallest absolute Gasteiger partial charge is 0.294 e. The van der Waals surface area contributed by atoms with Gasteiger partial charge < -0.3 is 15.4 Å². The lowest BCUT2D eigenvalue weighted by atomic mass is 10.1. The summed E-state index contributed by atoms with van der Waals surface area (Å²) in [5.74, 6) is -1.02. The lowest BCUT2D eigenvalue weighted by Crippen LogP contribution is -2.36. The second kappa shape index (κ2) is 11.7. The zero-order valence-electron chi connectivity index (χ0n) is 20.6. The molecule has 4 aromatic carbocycles. The van der Waals surface area contributed by atoms with Crippen LogP contribution in [0.25, 0.3) is 16.8 Å². The Morgan fingerprint density at radius 3 is 2.36 bits per heavy atom. The van der Waals surface area contributed by atoms with Crippen LogP contribution in [0.4, 0.5) is 16.2 Å². The van der Waals surface area contributed by atoms with Gasteiger partial charge in [-0.05, 0) is 47.5 Å². The topological polar surface area (TPSA) is 105 Å². The van der Waals surface area contributed by atoms with Crippen molar-refractivity contribution in [1.82, 2.24) is 4.90 Å². The maximum atomic E-state index is 13.0. The summed E-state index contributed by atoms with van der Waals surface area (Å²) < 4.78 is 5.70. The molecule has 1 fully saturated rings. The van der Waals surface area contributed by atoms with Gasteiger partial charge in [0.1, 0.15) is 12.3 Å². The fraction of sp³-hybridized carbons (Fsp3) is 0.0667. The first kappa shape index (κ1) is 25.7. The quantitative estimate of drug-likeness (QED) is 0.286. The highest BCUT2D eigenvalue weighted by molar-refractivity contribution is 8.18. The lowest BCUT2D eigenvalue weighted by Gasteiger charge is -2.13. The summed E-state index contributed by atoms with van der Waals surface area (Å²) >= 11 is 0.746. The van der Waals surface area contributed by atoms with Crippen molar-refractivity contribution in [2.45, 2.75) is 0 Å². The Bertz CT molecular complexity index is 1600. The highest BCUT2D eigenvalue weighted by Gasteiger charge is 2.36. The van der Waals surface area contributed by atoms with Crippen molar-refractivity contribution in [3.63, 3.8) is 0 Å². The number of para-hydroxylation sites is 2. The lowest BCUT2D eigenvalue weighted by molar-refractivity contribution is -0.127. The Morgan fingerprint density at radius 1 is 0.795 bits per heavy atom. The van der Waals surface area contributed by atoms with Crippen molar-refractivity contribution in [3.8, 4) is 5.75 Å². The molecular weight excluding hydrogens is 514 g/mol. The maximum Gasteiger partial charge on any atom is 0.294 e. The van der Waals surface area contributed by atoms with E-state index in [1.807, 2.05) is 54.6 Å². The Balaban J connectivity index is 1.24. The normalized spacial score (nSPS) is 14.1. The van der Waals surface area contributed by atoms with Gasteiger partial charge >= 0.3 is 0 Å². The number of hydrogen-bond acceptors (Lipinski definition) is 6. The van der Waals surface area contributed by atoms with Gasteiger partial charge in [-0.15, -0.1) is 0 Å². The predicted molar refractivity (Wildman–Crippen MR) is 152 cm³/mol. The predicted octanol–water partition coefficient (Wildman–Crippen LogP) is 5.53. The van der Waals surface area contributed by atoms with E-state index < -0.39 is 23.6 Å². The van der Waals surface area contributed by atoms with Crippen LogP contribution in [0.3, 0.4) is 0 Å². The molecule has 0 aliphatic carbocycles. The number of nitrogens with one attached hydrogen (secondary N) is 2. The fourth-order valence-corrected chi connectivity index (χ4v) is 4.87. The van der Waals surface area contributed by atoms with Crippen LogP contribution in [0.2, 0.25) is 0 Å². The second-order valence-electron chi connectivity index (χ2n) is 8.58. The van der Waals surface area contributed by atoms with Crippen LogP contribution in [0.15, 0.2) is 102 Å². The number of rotatable bonds is 8. The van der Waals surface area contributed by atoms with E-state index in [2.05, 4.69) is 10.6 Å². The molecule has 1 saturated heterocycles. The van der Waals surface area contributed by atoms with Crippen molar-refractivity contribution in [1.29, 1.82) is 0 Å². The zero-order chi connectivity index (χ0) is 27.2. The standard InChI is InChI=1S/C30H23N3O5S/c34-27(32-24-15-8-11-20-9-4-6-14-23(20)24)18-33-29(36)26(39-30(33)37)17-21-10-5-7-16-25(21)38-19-28(35)31-22-12-2-1-3-13-22/h1-17H,18-19H2,(H,31,35)(H,32,34)/b26-17+. The molecular formula is C30H23N3O5S. The summed E-state index contributed by atoms with van der Waals surface area (Å²) in [4.78, 5) is 51.8. The largest absolute Gasteiger partial charge is 0.483 e. The number of nitrogens with zero attached hydrogens (tertiary/aromatic N) is 1. The van der Waals surface area contributed by atoms with E-state index in [4.69, 9.17) is 4.74 Å². The Morgan fingerprint density at radius 2 is 1.51 bits per heavy atom. The first-order valence-electron chi connectivity index (χ1n) is 12.1. The van der Waals surface area contributed by atoms with E-state index in [0.29, 0.717) is 22.7 Å². The number of imide groups is 1. The minimum atomic E-state index is -0.574. The van der Waals surface area contributed by atoms with E-state index in [-0.39, 0.29) is 17.4 Å². The van der Waals surface area contributed by atoms with Gasteiger partial charge in [-0.1, -0.05) is 72.8 Å². The SMILES string of the molecule is O=C(COc1ccccc1/C=C1/SC(=O)N(CC(=O)Nc2cccc3ccccc23)C1=O)Nc1ccccc1. The number of fused-ring (bicyclic) bond motifs is 1. The first-order valence-corrected chi connectivity index (χ1v) is 12.9. The van der Waals surface area contributed by atoms with Crippen LogP contribution in [0.1, 0.15) is 5.56 Å². The number of carbonyl (C=O) groups is 4. The third kappa shape index (κ3) is 6.16. The van der Waals surface area contributed by atoms with Gasteiger partial charge in [-0.3, -0.25) is 24.1 Å². The summed E-state index contributed by atoms with van der Waals surface area (Å²) in [5.41, 5.74) is 1.77. The fourth-order valence-electron chi connectivity index (χ4n) is 4.04. The van der Waals surface area contributed by atoms with Gasteiger partial charge in [0.05, 0.1) is 4.91 Å². The summed E-state index contributed by atoms with van der Waals surface area (Å²) in [6.45, 7) is -0.654. The van der Waals surface area contributed by atoms with Gasteiger partial charge in [-0.2, -0.15) is 0 Å². The van der Waals surface area contributed by atoms with Gasteiger partial charge in [0.25, 0.3) is 17.1 Å². The minimum Gasteiger partial charge on any atom is -0.483 e. The molecule has 0 aromatic heterocycles. The number of carbonyl (C=O) groups excluding carboxylic acids is 4. The van der Waals surface area contributed by atoms with Crippen molar-refractivity contribution in [2.75, 3.05) is 23.8 Å². The summed E-state index contributed by atoms with van der Waals surface area (Å²) in [5, 5.41) is 6.82. The van der Waals surface area contributed by atoms with Crippen LogP contribution in [0, 0.1) is 0 Å². The maximum absolute atomic E-state index is 13.0. The second-order valence-corrected chi connectivity index (χ2v) is 9.58. The molecule has 9 heteroatoms. The molecule has 0 unspecified atom stereocenters. The van der Waals surface area contributed by atoms with Crippen LogP contribution in [0.5, 0.6) is 5.75 Å². The summed E-state index contributed by atoms with van der Waals surface area (Å²) in [6, 6.07) is 29.0. The number of hydrogen-bond donors (Lipinski definition) is 2. The highest BCUT2D eigenvalue weighted by atomic mass is 32.2. The molecule has 0 saturated carbocycles. The molecule has 8 nitrogen and oxygen atoms in total. The molecule has 0 spiro atoms. The van der Waals surface area contributed by atoms with E-state index in [0.717, 1.165) is 27.4 Å². The first-order chi connectivity index (χ1) is 19.0. The summed E-state index contributed by atoms with van der Waals surface area (Å²) in [7, 11) is 0. The van der Waals surface area contributed by atoms with Gasteiger partial charge in [0, 0.05) is 22.3 Å². The van der Waals surface area contributed by atoms with E-state index >= 15 is 0 Å². The third-order valence-corrected chi connectivity index (χ3v) is 6.77. The number of anilines is 2.